The van der Waals surface area contributed by atoms with E-state index >= 15 is 0 Å². The molecule has 3 aliphatic rings. The van der Waals surface area contributed by atoms with Crippen LogP contribution in [0.15, 0.2) is 51.9 Å². The molecule has 2 heterocycles. The minimum Gasteiger partial charge on any atom is -0.461 e. The molecule has 1 aromatic carbocycles. The number of furan rings is 1. The Morgan fingerprint density at radius 1 is 1.10 bits per heavy atom. The molecule has 0 spiro atoms. The average molecular weight is 421 g/mol. The maximum absolute atomic E-state index is 12.7. The van der Waals surface area contributed by atoms with E-state index in [1.165, 1.54) is 4.90 Å². The largest absolute Gasteiger partial charge is 0.461 e. The predicted molar refractivity (Wildman–Crippen MR) is 118 cm³/mol. The topological polar surface area (TPSA) is 86.9 Å². The molecule has 4 unspecified atom stereocenters. The van der Waals surface area contributed by atoms with Gasteiger partial charge in [-0.2, -0.15) is 0 Å². The maximum Gasteiger partial charge on any atom is 0.233 e. The van der Waals surface area contributed by atoms with Crippen LogP contribution >= 0.6 is 0 Å². The quantitative estimate of drug-likeness (QED) is 0.236. The van der Waals surface area contributed by atoms with Gasteiger partial charge in [0.2, 0.25) is 11.8 Å². The van der Waals surface area contributed by atoms with Gasteiger partial charge in [-0.1, -0.05) is 30.4 Å². The van der Waals surface area contributed by atoms with Crippen LogP contribution in [0.2, 0.25) is 0 Å². The van der Waals surface area contributed by atoms with Gasteiger partial charge in [0, 0.05) is 38.5 Å². The Kier molecular flexibility index (Phi) is 5.26. The summed E-state index contributed by atoms with van der Waals surface area (Å²) in [7, 11) is 1.73. The van der Waals surface area contributed by atoms with Crippen molar-refractivity contribution in [2.75, 3.05) is 26.7 Å². The number of nitrogens with zero attached hydrogens (tertiary/aromatic N) is 2. The highest BCUT2D eigenvalue weighted by atomic mass is 16.3. The molecule has 162 valence electrons. The van der Waals surface area contributed by atoms with E-state index in [1.807, 2.05) is 24.3 Å². The number of imide groups is 1. The van der Waals surface area contributed by atoms with Gasteiger partial charge in [0.25, 0.3) is 0 Å². The molecule has 1 saturated carbocycles. The highest BCUT2D eigenvalue weighted by Gasteiger charge is 2.58. The number of allylic oxidation sites excluding steroid dienone is 2. The number of amides is 2. The van der Waals surface area contributed by atoms with Gasteiger partial charge in [0.1, 0.15) is 11.3 Å². The van der Waals surface area contributed by atoms with Gasteiger partial charge >= 0.3 is 0 Å². The van der Waals surface area contributed by atoms with Crippen molar-refractivity contribution in [2.24, 2.45) is 28.7 Å². The van der Waals surface area contributed by atoms with Crippen LogP contribution < -0.4 is 10.6 Å². The van der Waals surface area contributed by atoms with Gasteiger partial charge < -0.3 is 15.1 Å². The molecule has 1 aromatic heterocycles. The van der Waals surface area contributed by atoms with Crippen LogP contribution in [-0.2, 0) is 16.0 Å². The van der Waals surface area contributed by atoms with Gasteiger partial charge in [0.05, 0.1) is 11.8 Å². The Balaban J connectivity index is 1.05. The number of carbonyl (C=O) groups excluding carboxylic acids is 2. The van der Waals surface area contributed by atoms with Gasteiger partial charge in [-0.3, -0.25) is 19.5 Å². The molecule has 0 radical (unpaired) electrons. The van der Waals surface area contributed by atoms with Crippen LogP contribution in [0.1, 0.15) is 18.6 Å². The van der Waals surface area contributed by atoms with Crippen LogP contribution in [0.4, 0.5) is 0 Å². The van der Waals surface area contributed by atoms with Gasteiger partial charge in [0.15, 0.2) is 5.96 Å². The molecule has 2 aliphatic carbocycles. The molecular formula is C24H28N4O3. The lowest BCUT2D eigenvalue weighted by molar-refractivity contribution is -0.140. The van der Waals surface area contributed by atoms with Crippen molar-refractivity contribution in [3.63, 3.8) is 0 Å². The van der Waals surface area contributed by atoms with Crippen LogP contribution in [0, 0.1) is 23.7 Å². The first-order chi connectivity index (χ1) is 15.2. The van der Waals surface area contributed by atoms with Crippen molar-refractivity contribution >= 4 is 28.7 Å². The normalized spacial score (nSPS) is 26.9. The fraction of sp³-hybridized carbons (Fsp3) is 0.458. The van der Waals surface area contributed by atoms with E-state index in [2.05, 4.69) is 33.8 Å². The molecule has 5 rings (SSSR count). The highest BCUT2D eigenvalue weighted by Crippen LogP contribution is 2.52. The molecule has 7 nitrogen and oxygen atoms in total. The number of rotatable bonds is 7. The van der Waals surface area contributed by atoms with Crippen LogP contribution in [-0.4, -0.2) is 49.4 Å². The van der Waals surface area contributed by atoms with Crippen molar-refractivity contribution in [3.8, 4) is 0 Å². The van der Waals surface area contributed by atoms with Gasteiger partial charge in [-0.25, -0.2) is 0 Å². The molecule has 31 heavy (non-hydrogen) atoms. The molecule has 7 heteroatoms. The fourth-order valence-corrected chi connectivity index (χ4v) is 5.31. The molecule has 1 aliphatic heterocycles. The number of carbonyl (C=O) groups is 2. The number of likely N-dealkylation sites (tertiary alicyclic amines) is 1. The first-order valence-corrected chi connectivity index (χ1v) is 11.1. The number of benzene rings is 1. The van der Waals surface area contributed by atoms with E-state index in [0.29, 0.717) is 32.0 Å². The third kappa shape index (κ3) is 3.62. The standard InChI is InChI=1S/C24H28N4O3/c1-25-24(27-11-9-18-14-15-5-2-3-6-19(15)31-18)26-10-4-12-28-22(29)20-16-7-8-17(13-16)21(20)23(28)30/h2-3,5-8,14,16-17,20-21H,4,9-13H2,1H3,(H2,25,26,27). The van der Waals surface area contributed by atoms with Crippen molar-refractivity contribution in [2.45, 2.75) is 19.3 Å². The third-order valence-electron chi connectivity index (χ3n) is 6.78. The van der Waals surface area contributed by atoms with E-state index in [0.717, 1.165) is 29.6 Å². The molecule has 2 bridgehead atoms. The SMILES string of the molecule is CN=C(NCCCN1C(=O)C2C3C=CC(C3)C2C1=O)NCCc1cc2ccccc2o1. The Labute approximate surface area is 181 Å². The molecule has 2 fully saturated rings. The number of hydrogen-bond acceptors (Lipinski definition) is 4. The third-order valence-corrected chi connectivity index (χ3v) is 6.78. The number of aliphatic imine (C=N–C) groups is 1. The zero-order valence-corrected chi connectivity index (χ0v) is 17.7. The molecule has 2 N–H and O–H groups in total. The van der Waals surface area contributed by atoms with E-state index in [4.69, 9.17) is 4.42 Å². The Bertz CT molecular complexity index is 993. The van der Waals surface area contributed by atoms with Crippen molar-refractivity contribution in [1.29, 1.82) is 0 Å². The second-order valence-electron chi connectivity index (χ2n) is 8.61. The smallest absolute Gasteiger partial charge is 0.233 e. The van der Waals surface area contributed by atoms with E-state index in [9.17, 15) is 9.59 Å². The average Bonchev–Trinajstić information content (AvgIpc) is 3.54. The number of fused-ring (bicyclic) bond motifs is 6. The lowest BCUT2D eigenvalue weighted by atomic mass is 9.85. The minimum absolute atomic E-state index is 0.0280. The summed E-state index contributed by atoms with van der Waals surface area (Å²) < 4.78 is 5.84. The number of para-hydroxylation sites is 1. The second kappa shape index (κ2) is 8.21. The number of nitrogens with one attached hydrogen (secondary N) is 2. The Morgan fingerprint density at radius 2 is 1.81 bits per heavy atom. The lowest BCUT2D eigenvalue weighted by Gasteiger charge is -2.18. The van der Waals surface area contributed by atoms with Crippen molar-refractivity contribution < 1.29 is 14.0 Å². The summed E-state index contributed by atoms with van der Waals surface area (Å²) in [4.78, 5) is 31.2. The van der Waals surface area contributed by atoms with Crippen LogP contribution in [0.25, 0.3) is 11.0 Å². The summed E-state index contributed by atoms with van der Waals surface area (Å²) in [6.07, 6.45) is 6.68. The molecular weight excluding hydrogens is 392 g/mol. The van der Waals surface area contributed by atoms with Crippen molar-refractivity contribution in [3.05, 3.63) is 48.2 Å². The molecule has 2 aromatic rings. The lowest BCUT2D eigenvalue weighted by Crippen LogP contribution is -2.40. The summed E-state index contributed by atoms with van der Waals surface area (Å²) in [5.74, 6) is 2.01. The summed E-state index contributed by atoms with van der Waals surface area (Å²) in [5, 5.41) is 7.66. The highest BCUT2D eigenvalue weighted by molar-refractivity contribution is 6.06. The first kappa shape index (κ1) is 19.8. The zero-order valence-electron chi connectivity index (χ0n) is 17.7. The van der Waals surface area contributed by atoms with Crippen LogP contribution in [0.3, 0.4) is 0 Å². The first-order valence-electron chi connectivity index (χ1n) is 11.1. The predicted octanol–water partition coefficient (Wildman–Crippen LogP) is 2.34. The van der Waals surface area contributed by atoms with Gasteiger partial charge in [-0.15, -0.1) is 0 Å². The second-order valence-corrected chi connectivity index (χ2v) is 8.61. The van der Waals surface area contributed by atoms with E-state index in [1.54, 1.807) is 7.05 Å². The summed E-state index contributed by atoms with van der Waals surface area (Å²) in [6, 6.07) is 10.0. The summed E-state index contributed by atoms with van der Waals surface area (Å²) in [5.41, 5.74) is 0.902. The summed E-state index contributed by atoms with van der Waals surface area (Å²) >= 11 is 0. The minimum atomic E-state index is -0.108. The number of hydrogen-bond donors (Lipinski definition) is 2. The molecule has 4 atom stereocenters. The van der Waals surface area contributed by atoms with Crippen LogP contribution in [0.5, 0.6) is 0 Å². The zero-order chi connectivity index (χ0) is 21.4. The fourth-order valence-electron chi connectivity index (χ4n) is 5.31. The van der Waals surface area contributed by atoms with E-state index < -0.39 is 0 Å². The Hall–Kier alpha value is -3.09. The number of guanidine groups is 1. The van der Waals surface area contributed by atoms with Gasteiger partial charge in [-0.05, 0) is 36.8 Å². The maximum atomic E-state index is 12.7. The van der Waals surface area contributed by atoms with E-state index in [-0.39, 0.29) is 35.5 Å². The summed E-state index contributed by atoms with van der Waals surface area (Å²) in [6.45, 7) is 1.80. The molecule has 1 saturated heterocycles. The van der Waals surface area contributed by atoms with Crippen molar-refractivity contribution in [1.82, 2.24) is 15.5 Å². The molecule has 2 amide bonds. The monoisotopic (exact) mass is 420 g/mol. The Morgan fingerprint density at radius 3 is 2.52 bits per heavy atom.